The summed E-state index contributed by atoms with van der Waals surface area (Å²) in [5, 5.41) is 4.22. The van der Waals surface area contributed by atoms with Crippen LogP contribution in [0, 0.1) is 23.2 Å². The summed E-state index contributed by atoms with van der Waals surface area (Å²) in [5.41, 5.74) is 0.230. The molecule has 2 rings (SSSR count). The smallest absolute Gasteiger partial charge is 0.223 e. The Morgan fingerprint density at radius 3 is 2.59 bits per heavy atom. The normalized spacial score (nSPS) is 31.1. The van der Waals surface area contributed by atoms with Gasteiger partial charge in [-0.25, -0.2) is 0 Å². The van der Waals surface area contributed by atoms with E-state index in [0.29, 0.717) is 11.8 Å². The van der Waals surface area contributed by atoms with Gasteiger partial charge in [0.1, 0.15) is 0 Å². The van der Waals surface area contributed by atoms with E-state index in [1.54, 1.807) is 0 Å². The number of nitrogens with one attached hydrogen (secondary N) is 1. The fourth-order valence-electron chi connectivity index (χ4n) is 3.29. The van der Waals surface area contributed by atoms with Gasteiger partial charge in [0.15, 0.2) is 0 Å². The van der Waals surface area contributed by atoms with Crippen LogP contribution in [0.1, 0.15) is 46.0 Å². The molecule has 0 saturated heterocycles. The molecular formula is C14H24BrNO. The monoisotopic (exact) mass is 301 g/mol. The Hall–Kier alpha value is -0.0500. The minimum absolute atomic E-state index is 0.230. The molecule has 2 unspecified atom stereocenters. The van der Waals surface area contributed by atoms with E-state index in [9.17, 15) is 4.79 Å². The van der Waals surface area contributed by atoms with Crippen molar-refractivity contribution in [1.82, 2.24) is 5.32 Å². The van der Waals surface area contributed by atoms with Gasteiger partial charge in [0.25, 0.3) is 0 Å². The number of fused-ring (bicyclic) bond motifs is 1. The van der Waals surface area contributed by atoms with E-state index in [-0.39, 0.29) is 5.41 Å². The molecule has 3 heteroatoms. The van der Waals surface area contributed by atoms with E-state index in [4.69, 9.17) is 0 Å². The zero-order valence-electron chi connectivity index (χ0n) is 11.0. The van der Waals surface area contributed by atoms with Gasteiger partial charge >= 0.3 is 0 Å². The van der Waals surface area contributed by atoms with Crippen molar-refractivity contribution in [3.63, 3.8) is 0 Å². The Bertz CT molecular complexity index is 280. The predicted octanol–water partition coefficient (Wildman–Crippen LogP) is 3.35. The summed E-state index contributed by atoms with van der Waals surface area (Å²) in [6.07, 6.45) is 6.26. The lowest BCUT2D eigenvalue weighted by molar-refractivity contribution is -0.123. The predicted molar refractivity (Wildman–Crippen MR) is 74.1 cm³/mol. The second-order valence-corrected chi connectivity index (χ2v) is 7.25. The summed E-state index contributed by atoms with van der Waals surface area (Å²) in [6.45, 7) is 5.31. The third-order valence-electron chi connectivity index (χ3n) is 4.44. The number of alkyl halides is 1. The van der Waals surface area contributed by atoms with Crippen LogP contribution < -0.4 is 5.32 Å². The van der Waals surface area contributed by atoms with Crippen molar-refractivity contribution in [2.24, 2.45) is 23.2 Å². The highest BCUT2D eigenvalue weighted by molar-refractivity contribution is 9.09. The lowest BCUT2D eigenvalue weighted by atomic mass is 9.88. The molecule has 2 atom stereocenters. The van der Waals surface area contributed by atoms with Crippen molar-refractivity contribution in [2.75, 3.05) is 11.9 Å². The summed E-state index contributed by atoms with van der Waals surface area (Å²) in [7, 11) is 0. The quantitative estimate of drug-likeness (QED) is 0.749. The molecule has 1 N–H and O–H groups in total. The summed E-state index contributed by atoms with van der Waals surface area (Å²) < 4.78 is 0. The van der Waals surface area contributed by atoms with Crippen molar-refractivity contribution >= 4 is 21.8 Å². The van der Waals surface area contributed by atoms with Gasteiger partial charge in [0.05, 0.1) is 0 Å². The Balaban J connectivity index is 1.69. The first-order chi connectivity index (χ1) is 8.05. The first-order valence-electron chi connectivity index (χ1n) is 6.89. The summed E-state index contributed by atoms with van der Waals surface area (Å²) >= 11 is 3.46. The van der Waals surface area contributed by atoms with Crippen LogP contribution in [0.3, 0.4) is 0 Å². The van der Waals surface area contributed by atoms with Crippen LogP contribution in [0.5, 0.6) is 0 Å². The number of carbonyl (C=O) groups excluding carboxylic acids is 1. The molecule has 2 saturated carbocycles. The standard InChI is InChI=1S/C14H24BrNO/c1-14(2,7-4-8-15)9-16-13(17)12-10-5-3-6-11(10)12/h10-12H,3-9H2,1-2H3,(H,16,17). The van der Waals surface area contributed by atoms with E-state index in [0.717, 1.165) is 30.1 Å². The van der Waals surface area contributed by atoms with Crippen LogP contribution >= 0.6 is 15.9 Å². The van der Waals surface area contributed by atoms with E-state index >= 15 is 0 Å². The van der Waals surface area contributed by atoms with Gasteiger partial charge in [0.2, 0.25) is 5.91 Å². The fraction of sp³-hybridized carbons (Fsp3) is 0.929. The maximum absolute atomic E-state index is 12.0. The molecule has 0 heterocycles. The van der Waals surface area contributed by atoms with Crippen molar-refractivity contribution in [3.8, 4) is 0 Å². The van der Waals surface area contributed by atoms with Crippen LogP contribution in [0.4, 0.5) is 0 Å². The zero-order valence-corrected chi connectivity index (χ0v) is 12.6. The highest BCUT2D eigenvalue weighted by atomic mass is 79.9. The third-order valence-corrected chi connectivity index (χ3v) is 5.00. The zero-order chi connectivity index (χ0) is 12.5. The average Bonchev–Trinajstić information content (AvgIpc) is 2.77. The number of halogens is 1. The average molecular weight is 302 g/mol. The van der Waals surface area contributed by atoms with E-state index < -0.39 is 0 Å². The molecule has 0 spiro atoms. The number of hydrogen-bond acceptors (Lipinski definition) is 1. The van der Waals surface area contributed by atoms with Gasteiger partial charge in [-0.1, -0.05) is 36.2 Å². The van der Waals surface area contributed by atoms with E-state index in [1.807, 2.05) is 0 Å². The van der Waals surface area contributed by atoms with Crippen LogP contribution in [-0.4, -0.2) is 17.8 Å². The Morgan fingerprint density at radius 2 is 2.00 bits per heavy atom. The van der Waals surface area contributed by atoms with Crippen LogP contribution in [0.15, 0.2) is 0 Å². The second-order valence-electron chi connectivity index (χ2n) is 6.46. The van der Waals surface area contributed by atoms with Gasteiger partial charge in [-0.2, -0.15) is 0 Å². The van der Waals surface area contributed by atoms with Crippen molar-refractivity contribution in [1.29, 1.82) is 0 Å². The molecule has 0 aliphatic heterocycles. The van der Waals surface area contributed by atoms with E-state index in [2.05, 4.69) is 35.1 Å². The summed E-state index contributed by atoms with van der Waals surface area (Å²) in [4.78, 5) is 12.0. The van der Waals surface area contributed by atoms with E-state index in [1.165, 1.54) is 25.7 Å². The third kappa shape index (κ3) is 3.24. The molecule has 2 aliphatic rings. The molecule has 0 bridgehead atoms. The first-order valence-corrected chi connectivity index (χ1v) is 8.01. The lowest BCUT2D eigenvalue weighted by Crippen LogP contribution is -2.35. The molecule has 17 heavy (non-hydrogen) atoms. The number of rotatable bonds is 6. The van der Waals surface area contributed by atoms with Crippen LogP contribution in [0.25, 0.3) is 0 Å². The minimum atomic E-state index is 0.230. The fourth-order valence-corrected chi connectivity index (χ4v) is 3.57. The molecule has 2 fully saturated rings. The molecule has 2 nitrogen and oxygen atoms in total. The SMILES string of the molecule is CC(C)(CCCBr)CNC(=O)C1C2CCCC21. The van der Waals surface area contributed by atoms with Gasteiger partial charge in [-0.05, 0) is 42.9 Å². The van der Waals surface area contributed by atoms with Crippen molar-refractivity contribution in [2.45, 2.75) is 46.0 Å². The number of hydrogen-bond donors (Lipinski definition) is 1. The molecule has 1 amide bonds. The topological polar surface area (TPSA) is 29.1 Å². The molecule has 0 aromatic rings. The maximum atomic E-state index is 12.0. The van der Waals surface area contributed by atoms with Gasteiger partial charge < -0.3 is 5.32 Å². The first kappa shape index (κ1) is 13.4. The van der Waals surface area contributed by atoms with Gasteiger partial charge in [-0.15, -0.1) is 0 Å². The Kier molecular flexibility index (Phi) is 4.17. The molecule has 0 aromatic heterocycles. The number of carbonyl (C=O) groups is 1. The van der Waals surface area contributed by atoms with Crippen LogP contribution in [0.2, 0.25) is 0 Å². The van der Waals surface area contributed by atoms with Crippen LogP contribution in [-0.2, 0) is 4.79 Å². The summed E-state index contributed by atoms with van der Waals surface area (Å²) in [5.74, 6) is 2.17. The van der Waals surface area contributed by atoms with Crippen molar-refractivity contribution in [3.05, 3.63) is 0 Å². The van der Waals surface area contributed by atoms with Gasteiger partial charge in [-0.3, -0.25) is 4.79 Å². The lowest BCUT2D eigenvalue weighted by Gasteiger charge is -2.24. The molecule has 0 aromatic carbocycles. The minimum Gasteiger partial charge on any atom is -0.355 e. The molecule has 0 radical (unpaired) electrons. The highest BCUT2D eigenvalue weighted by Crippen LogP contribution is 2.57. The molecule has 98 valence electrons. The molecule has 2 aliphatic carbocycles. The highest BCUT2D eigenvalue weighted by Gasteiger charge is 2.56. The van der Waals surface area contributed by atoms with Gasteiger partial charge in [0, 0.05) is 17.8 Å². The largest absolute Gasteiger partial charge is 0.355 e. The van der Waals surface area contributed by atoms with Crippen molar-refractivity contribution < 1.29 is 4.79 Å². The Morgan fingerprint density at radius 1 is 1.35 bits per heavy atom. The Labute approximate surface area is 113 Å². The summed E-state index contributed by atoms with van der Waals surface area (Å²) in [6, 6.07) is 0. The second kappa shape index (κ2) is 5.29. The maximum Gasteiger partial charge on any atom is 0.223 e. The molecular weight excluding hydrogens is 278 g/mol. The number of amides is 1.